The number of rotatable bonds is 12. The first-order valence-corrected chi connectivity index (χ1v) is 19.0. The Morgan fingerprint density at radius 3 is 2.52 bits per heavy atom. The lowest BCUT2D eigenvalue weighted by molar-refractivity contribution is -0.384. The monoisotopic (exact) mass is 756 g/mol. The number of nitro groups is 1. The number of non-ortho nitro benzene ring substituents is 1. The van der Waals surface area contributed by atoms with Gasteiger partial charge in [0.05, 0.1) is 33.4 Å². The molecular weight excluding hydrogens is 720 g/mol. The molecule has 2 aromatic heterocycles. The average molecular weight is 757 g/mol. The molecule has 0 saturated heterocycles. The maximum atomic E-state index is 14.5. The lowest BCUT2D eigenvalue weighted by atomic mass is 9.92. The number of fused-ring (bicyclic) bond motifs is 1. The van der Waals surface area contributed by atoms with Gasteiger partial charge in [0.1, 0.15) is 0 Å². The van der Waals surface area contributed by atoms with Crippen molar-refractivity contribution >= 4 is 52.4 Å². The minimum atomic E-state index is -0.771. The minimum absolute atomic E-state index is 0.127. The van der Waals surface area contributed by atoms with Gasteiger partial charge in [0.25, 0.3) is 11.2 Å². The van der Waals surface area contributed by atoms with Gasteiger partial charge in [0.2, 0.25) is 0 Å². The first-order chi connectivity index (χ1) is 25.0. The Morgan fingerprint density at radius 2 is 1.87 bits per heavy atom. The summed E-state index contributed by atoms with van der Waals surface area (Å²) in [5.41, 5.74) is 3.55. The van der Waals surface area contributed by atoms with Gasteiger partial charge in [0.15, 0.2) is 15.8 Å². The number of benzene rings is 3. The fourth-order valence-corrected chi connectivity index (χ4v) is 8.26. The molecule has 0 bridgehead atoms. The van der Waals surface area contributed by atoms with Crippen LogP contribution < -0.4 is 14.9 Å². The smallest absolute Gasteiger partial charge is 0.338 e. The van der Waals surface area contributed by atoms with Crippen LogP contribution in [0.25, 0.3) is 17.5 Å². The van der Waals surface area contributed by atoms with Crippen LogP contribution >= 0.6 is 34.7 Å². The van der Waals surface area contributed by atoms with Gasteiger partial charge < -0.3 is 9.30 Å². The van der Waals surface area contributed by atoms with E-state index in [4.69, 9.17) is 21.3 Å². The third-order valence-electron chi connectivity index (χ3n) is 8.62. The van der Waals surface area contributed by atoms with Crippen LogP contribution in [-0.2, 0) is 16.1 Å². The van der Waals surface area contributed by atoms with E-state index in [-0.39, 0.29) is 17.9 Å². The summed E-state index contributed by atoms with van der Waals surface area (Å²) in [6, 6.07) is 19.0. The van der Waals surface area contributed by atoms with E-state index in [1.807, 2.05) is 60.9 Å². The number of aromatic nitrogens is 4. The maximum Gasteiger partial charge on any atom is 0.338 e. The highest BCUT2D eigenvalue weighted by Gasteiger charge is 2.34. The minimum Gasteiger partial charge on any atom is -0.463 e. The highest BCUT2D eigenvalue weighted by molar-refractivity contribution is 7.99. The molecular formula is C38H37ClN6O5S2. The number of ether oxygens (including phenoxy) is 1. The summed E-state index contributed by atoms with van der Waals surface area (Å²) < 4.78 is 9.32. The molecule has 1 aliphatic heterocycles. The molecule has 268 valence electrons. The van der Waals surface area contributed by atoms with Crippen LogP contribution in [0.3, 0.4) is 0 Å². The average Bonchev–Trinajstić information content (AvgIpc) is 3.67. The molecule has 1 aliphatic rings. The van der Waals surface area contributed by atoms with E-state index < -0.39 is 16.9 Å². The maximum absolute atomic E-state index is 14.5. The predicted octanol–water partition coefficient (Wildman–Crippen LogP) is 7.69. The number of halogens is 1. The zero-order chi connectivity index (χ0) is 37.1. The first-order valence-electron chi connectivity index (χ1n) is 17.0. The molecule has 52 heavy (non-hydrogen) atoms. The molecule has 0 spiro atoms. The van der Waals surface area contributed by atoms with Gasteiger partial charge >= 0.3 is 5.97 Å². The van der Waals surface area contributed by atoms with Crippen molar-refractivity contribution in [2.24, 2.45) is 4.99 Å². The molecule has 0 N–H and O–H groups in total. The summed E-state index contributed by atoms with van der Waals surface area (Å²) in [6.07, 6.45) is 2.89. The van der Waals surface area contributed by atoms with E-state index in [0.29, 0.717) is 65.9 Å². The van der Waals surface area contributed by atoms with E-state index in [2.05, 4.69) is 24.0 Å². The molecule has 0 saturated carbocycles. The molecule has 3 aromatic carbocycles. The number of nitro benzene ring substituents is 1. The van der Waals surface area contributed by atoms with Crippen molar-refractivity contribution in [1.29, 1.82) is 0 Å². The zero-order valence-electron chi connectivity index (χ0n) is 29.3. The van der Waals surface area contributed by atoms with E-state index in [0.717, 1.165) is 23.1 Å². The van der Waals surface area contributed by atoms with Crippen LogP contribution in [0.4, 0.5) is 5.69 Å². The lowest BCUT2D eigenvalue weighted by Crippen LogP contribution is -2.40. The lowest BCUT2D eigenvalue weighted by Gasteiger charge is -2.26. The normalized spacial score (nSPS) is 14.4. The Hall–Kier alpha value is -4.85. The molecule has 0 amide bonds. The second-order valence-corrected chi connectivity index (χ2v) is 14.8. The van der Waals surface area contributed by atoms with E-state index in [9.17, 15) is 19.7 Å². The number of nitrogens with zero attached hydrogens (tertiary/aromatic N) is 6. The highest BCUT2D eigenvalue weighted by Crippen LogP contribution is 2.36. The number of allylic oxidation sites excluding steroid dienone is 1. The SMILES string of the molecule is CCCC1=C(C(=O)OCC)[C@@H](c2ccc(C(C)C)cc2)n2c(s/c(=C/c3cc([N+](=O)[O-])ccc3Sc3nnc(-c4cccc(Cl)c4)n3CC)c2=O)=N1. The number of carbonyl (C=O) groups is 1. The van der Waals surface area contributed by atoms with Crippen LogP contribution in [0, 0.1) is 10.1 Å². The van der Waals surface area contributed by atoms with Crippen molar-refractivity contribution in [3.8, 4) is 11.4 Å². The molecule has 1 atom stereocenters. The Balaban J connectivity index is 1.52. The van der Waals surface area contributed by atoms with Crippen molar-refractivity contribution in [3.63, 3.8) is 0 Å². The quantitative estimate of drug-likeness (QED) is 0.0719. The molecule has 3 heterocycles. The second kappa shape index (κ2) is 15.8. The Labute approximate surface area is 313 Å². The Kier molecular flexibility index (Phi) is 11.2. The molecule has 0 fully saturated rings. The number of hydrogen-bond donors (Lipinski definition) is 0. The largest absolute Gasteiger partial charge is 0.463 e. The third kappa shape index (κ3) is 7.39. The Morgan fingerprint density at radius 1 is 1.10 bits per heavy atom. The standard InChI is InChI=1S/C38H37ClN6O5S2/c1-6-10-29-32(36(47)50-8-3)33(24-15-13-23(14-16-24)22(4)5)44-35(46)31(52-37(44)40-29)21-26-20-28(45(48)49)17-18-30(26)51-38-42-41-34(43(38)7-2)25-11-9-12-27(39)19-25/h9,11-22,33H,6-8,10H2,1-5H3/b31-21+/t33-/m1/s1. The summed E-state index contributed by atoms with van der Waals surface area (Å²) in [5.74, 6) is 0.408. The van der Waals surface area contributed by atoms with Crippen molar-refractivity contribution in [2.75, 3.05) is 6.61 Å². The summed E-state index contributed by atoms with van der Waals surface area (Å²) >= 11 is 8.72. The first kappa shape index (κ1) is 36.9. The zero-order valence-corrected chi connectivity index (χ0v) is 31.7. The van der Waals surface area contributed by atoms with Crippen molar-refractivity contribution in [2.45, 2.75) is 76.0 Å². The summed E-state index contributed by atoms with van der Waals surface area (Å²) in [5, 5.41) is 21.9. The van der Waals surface area contributed by atoms with Gasteiger partial charge in [-0.2, -0.15) is 0 Å². The number of thiazole rings is 1. The van der Waals surface area contributed by atoms with Gasteiger partial charge in [-0.15, -0.1) is 10.2 Å². The fraction of sp³-hybridized carbons (Fsp3) is 0.289. The summed E-state index contributed by atoms with van der Waals surface area (Å²) in [4.78, 5) is 45.5. The number of carbonyl (C=O) groups excluding carboxylic acids is 1. The predicted molar refractivity (Wildman–Crippen MR) is 204 cm³/mol. The van der Waals surface area contributed by atoms with E-state index >= 15 is 0 Å². The third-order valence-corrected chi connectivity index (χ3v) is 10.9. The Bertz CT molecular complexity index is 2380. The van der Waals surface area contributed by atoms with Crippen molar-refractivity contribution in [3.05, 3.63) is 130 Å². The molecule has 14 heteroatoms. The van der Waals surface area contributed by atoms with Crippen molar-refractivity contribution < 1.29 is 14.5 Å². The second-order valence-electron chi connectivity index (χ2n) is 12.4. The topological polar surface area (TPSA) is 135 Å². The van der Waals surface area contributed by atoms with Crippen LogP contribution in [0.2, 0.25) is 5.02 Å². The summed E-state index contributed by atoms with van der Waals surface area (Å²) in [7, 11) is 0. The van der Waals surface area contributed by atoms with E-state index in [1.165, 1.54) is 35.2 Å². The van der Waals surface area contributed by atoms with Crippen LogP contribution in [0.5, 0.6) is 0 Å². The van der Waals surface area contributed by atoms with Crippen LogP contribution in [0.1, 0.15) is 76.1 Å². The molecule has 11 nitrogen and oxygen atoms in total. The highest BCUT2D eigenvalue weighted by atomic mass is 35.5. The van der Waals surface area contributed by atoms with Gasteiger partial charge in [-0.3, -0.25) is 19.5 Å². The molecule has 5 aromatic rings. The van der Waals surface area contributed by atoms with E-state index in [1.54, 1.807) is 29.7 Å². The number of hydrogen-bond acceptors (Lipinski definition) is 10. The molecule has 0 radical (unpaired) electrons. The molecule has 6 rings (SSSR count). The van der Waals surface area contributed by atoms with Gasteiger partial charge in [-0.05, 0) is 78.9 Å². The van der Waals surface area contributed by atoms with Crippen molar-refractivity contribution in [1.82, 2.24) is 19.3 Å². The molecule has 0 aliphatic carbocycles. The van der Waals surface area contributed by atoms with Gasteiger partial charge in [-0.1, -0.05) is 86.5 Å². The fourth-order valence-electron chi connectivity index (χ4n) is 6.08. The molecule has 0 unspecified atom stereocenters. The number of esters is 1. The van der Waals surface area contributed by atoms with Crippen LogP contribution in [-0.4, -0.2) is 36.8 Å². The van der Waals surface area contributed by atoms with Crippen LogP contribution in [0.15, 0.2) is 97.8 Å². The van der Waals surface area contributed by atoms with Gasteiger partial charge in [-0.25, -0.2) is 9.79 Å². The van der Waals surface area contributed by atoms with Gasteiger partial charge in [0, 0.05) is 34.2 Å². The summed E-state index contributed by atoms with van der Waals surface area (Å²) in [6.45, 7) is 10.7.